The first kappa shape index (κ1) is 5.02. The van der Waals surface area contributed by atoms with Gasteiger partial charge in [0.15, 0.2) is 0 Å². The predicted molar refractivity (Wildman–Crippen MR) is 25.5 cm³/mol. The topological polar surface area (TPSA) is 56.5 Å². The highest BCUT2D eigenvalue weighted by atomic mass is 32.1. The lowest BCUT2D eigenvalue weighted by Crippen LogP contribution is -2.20. The summed E-state index contributed by atoms with van der Waals surface area (Å²) < 4.78 is 0.938. The van der Waals surface area contributed by atoms with Crippen molar-refractivity contribution >= 4 is 18.8 Å². The van der Waals surface area contributed by atoms with Crippen LogP contribution in [0.15, 0.2) is 11.0 Å². The largest absolute Gasteiger partial charge is 0.569 e. The lowest BCUT2D eigenvalue weighted by molar-refractivity contribution is -0.356. The Labute approximate surface area is 50.6 Å². The van der Waals surface area contributed by atoms with Crippen LogP contribution in [0, 0.1) is 0 Å². The molecular weight excluding hydrogens is 128 g/mol. The molecule has 0 fully saturated rings. The summed E-state index contributed by atoms with van der Waals surface area (Å²) in [5.41, 5.74) is 4.62. The van der Waals surface area contributed by atoms with Crippen LogP contribution in [0.25, 0.3) is 0 Å². The maximum absolute atomic E-state index is 9.78. The first-order valence-electron chi connectivity index (χ1n) is 1.78. The number of hydrazine groups is 1. The standard InChI is InChI=1S/C2H2N4OS/c7-1-2-3-4-5-6(2)8/h3-4H. The molecule has 0 bridgehead atoms. The summed E-state index contributed by atoms with van der Waals surface area (Å²) in [7, 11) is 0. The molecule has 0 spiro atoms. The Morgan fingerprint density at radius 3 is 2.88 bits per heavy atom. The quantitative estimate of drug-likeness (QED) is 0.241. The van der Waals surface area contributed by atoms with E-state index in [-0.39, 0.29) is 5.82 Å². The van der Waals surface area contributed by atoms with Crippen LogP contribution >= 0.6 is 0 Å². The number of hydrogen-bond acceptors (Lipinski definition) is 5. The Morgan fingerprint density at radius 2 is 2.62 bits per heavy atom. The molecule has 8 heavy (non-hydrogen) atoms. The molecule has 42 valence electrons. The molecule has 6 heteroatoms. The van der Waals surface area contributed by atoms with Gasteiger partial charge in [0.05, 0.1) is 0 Å². The first-order valence-corrected chi connectivity index (χ1v) is 2.15. The molecule has 5 nitrogen and oxygen atoms in total. The van der Waals surface area contributed by atoms with Crippen molar-refractivity contribution in [2.24, 2.45) is 5.22 Å². The molecule has 0 radical (unpaired) electrons. The van der Waals surface area contributed by atoms with E-state index in [2.05, 4.69) is 29.0 Å². The average molecular weight is 130 g/mol. The zero-order chi connectivity index (χ0) is 5.98. The first-order chi connectivity index (χ1) is 3.84. The van der Waals surface area contributed by atoms with Crippen molar-refractivity contribution in [3.8, 4) is 0 Å². The van der Waals surface area contributed by atoms with E-state index in [4.69, 9.17) is 0 Å². The van der Waals surface area contributed by atoms with E-state index < -0.39 is 0 Å². The van der Waals surface area contributed by atoms with E-state index in [1.807, 2.05) is 0 Å². The molecule has 0 aromatic rings. The van der Waals surface area contributed by atoms with Gasteiger partial charge in [0, 0.05) is 5.22 Å². The third-order valence-corrected chi connectivity index (χ3v) is 0.867. The second kappa shape index (κ2) is 1.77. The van der Waals surface area contributed by atoms with Gasteiger partial charge < -0.3 is 12.8 Å². The maximum atomic E-state index is 9.78. The summed E-state index contributed by atoms with van der Waals surface area (Å²) in [6, 6.07) is 0. The molecule has 0 aliphatic carbocycles. The molecule has 2 N–H and O–H groups in total. The van der Waals surface area contributed by atoms with Crippen molar-refractivity contribution in [1.29, 1.82) is 0 Å². The number of rotatable bonds is 0. The van der Waals surface area contributed by atoms with Crippen LogP contribution < -0.4 is 11.0 Å². The fraction of sp³-hybridized carbons (Fsp3) is 0. The SMILES string of the molecule is O=C=C1NNN=[N+]1[S-]. The summed E-state index contributed by atoms with van der Waals surface area (Å²) in [4.78, 5) is 9.78. The van der Waals surface area contributed by atoms with Crippen molar-refractivity contribution in [1.82, 2.24) is 11.0 Å². The third kappa shape index (κ3) is 0.617. The highest BCUT2D eigenvalue weighted by Crippen LogP contribution is 1.87. The van der Waals surface area contributed by atoms with Crippen molar-refractivity contribution in [2.75, 3.05) is 0 Å². The van der Waals surface area contributed by atoms with Gasteiger partial charge in [-0.2, -0.15) is 0 Å². The van der Waals surface area contributed by atoms with Gasteiger partial charge in [-0.1, -0.05) is 5.53 Å². The Kier molecular flexibility index (Phi) is 1.11. The zero-order valence-corrected chi connectivity index (χ0v) is 4.53. The van der Waals surface area contributed by atoms with Crippen LogP contribution in [-0.2, 0) is 17.6 Å². The minimum Gasteiger partial charge on any atom is -0.569 e. The van der Waals surface area contributed by atoms with Gasteiger partial charge in [0.1, 0.15) is 0 Å². The van der Waals surface area contributed by atoms with Gasteiger partial charge in [-0.3, -0.25) is 0 Å². The van der Waals surface area contributed by atoms with E-state index in [0.717, 1.165) is 4.10 Å². The van der Waals surface area contributed by atoms with Crippen molar-refractivity contribution in [3.63, 3.8) is 0 Å². The smallest absolute Gasteiger partial charge is 0.343 e. The molecule has 1 aliphatic heterocycles. The molecule has 0 aromatic carbocycles. The van der Waals surface area contributed by atoms with Crippen LogP contribution in [0.4, 0.5) is 0 Å². The summed E-state index contributed by atoms with van der Waals surface area (Å²) in [6.45, 7) is 0. The van der Waals surface area contributed by atoms with Crippen LogP contribution in [0.5, 0.6) is 0 Å². The van der Waals surface area contributed by atoms with E-state index in [1.165, 1.54) is 5.94 Å². The van der Waals surface area contributed by atoms with Gasteiger partial charge >= 0.3 is 5.82 Å². The normalized spacial score (nSPS) is 16.0. The molecule has 0 unspecified atom stereocenters. The lowest BCUT2D eigenvalue weighted by Gasteiger charge is -1.93. The summed E-state index contributed by atoms with van der Waals surface area (Å²) in [5, 5.41) is 3.38. The molecule has 0 atom stereocenters. The van der Waals surface area contributed by atoms with Crippen LogP contribution in [-0.4, -0.2) is 10.0 Å². The third-order valence-electron chi connectivity index (χ3n) is 0.603. The van der Waals surface area contributed by atoms with Gasteiger partial charge in [0.2, 0.25) is 5.94 Å². The molecule has 1 heterocycles. The van der Waals surface area contributed by atoms with Crippen LogP contribution in [0.1, 0.15) is 0 Å². The minimum atomic E-state index is 0.111. The van der Waals surface area contributed by atoms with Crippen molar-refractivity contribution in [3.05, 3.63) is 5.82 Å². The van der Waals surface area contributed by atoms with Gasteiger partial charge in [-0.15, -0.1) is 5.43 Å². The van der Waals surface area contributed by atoms with Gasteiger partial charge in [-0.25, -0.2) is 8.90 Å². The molecule has 1 aliphatic rings. The summed E-state index contributed by atoms with van der Waals surface area (Å²) in [6.07, 6.45) is 0. The molecule has 0 aromatic heterocycles. The lowest BCUT2D eigenvalue weighted by atomic mass is 10.9. The Morgan fingerprint density at radius 1 is 1.88 bits per heavy atom. The average Bonchev–Trinajstić information content (AvgIpc) is 2.14. The van der Waals surface area contributed by atoms with E-state index >= 15 is 0 Å². The second-order valence-electron chi connectivity index (χ2n) is 1.06. The Hall–Kier alpha value is -1.13. The van der Waals surface area contributed by atoms with E-state index in [1.54, 1.807) is 0 Å². The van der Waals surface area contributed by atoms with Crippen LogP contribution in [0.3, 0.4) is 0 Å². The van der Waals surface area contributed by atoms with Gasteiger partial charge in [0.25, 0.3) is 0 Å². The monoisotopic (exact) mass is 130 g/mol. The number of hydrogen-bond donors (Lipinski definition) is 2. The van der Waals surface area contributed by atoms with E-state index in [0.29, 0.717) is 0 Å². The minimum absolute atomic E-state index is 0.111. The fourth-order valence-electron chi connectivity index (χ4n) is 0.286. The number of nitrogens with one attached hydrogen (secondary N) is 2. The number of carbonyl (C=O) groups excluding carboxylic acids is 1. The number of nitrogens with zero attached hydrogens (tertiary/aromatic N) is 2. The van der Waals surface area contributed by atoms with Crippen molar-refractivity contribution < 1.29 is 8.90 Å². The molecule has 0 saturated heterocycles. The molecule has 1 rings (SSSR count). The second-order valence-corrected chi connectivity index (χ2v) is 1.41. The molecule has 0 saturated carbocycles. The Bertz CT molecular complexity index is 180. The highest BCUT2D eigenvalue weighted by molar-refractivity contribution is 7.51. The Balaban J connectivity index is 2.89. The van der Waals surface area contributed by atoms with Crippen LogP contribution in [0.2, 0.25) is 0 Å². The fourth-order valence-corrected chi connectivity index (χ4v) is 0.409. The molecule has 0 amide bonds. The molecular formula is C2H2N4OS. The maximum Gasteiger partial charge on any atom is 0.343 e. The van der Waals surface area contributed by atoms with Crippen molar-refractivity contribution in [2.45, 2.75) is 0 Å². The zero-order valence-electron chi connectivity index (χ0n) is 3.71. The summed E-state index contributed by atoms with van der Waals surface area (Å²) in [5.74, 6) is 1.65. The highest BCUT2D eigenvalue weighted by Gasteiger charge is 2.08. The predicted octanol–water partition coefficient (Wildman–Crippen LogP) is -1.39. The van der Waals surface area contributed by atoms with Gasteiger partial charge in [-0.05, 0) is 0 Å². The van der Waals surface area contributed by atoms with E-state index in [9.17, 15) is 4.79 Å². The summed E-state index contributed by atoms with van der Waals surface area (Å²) >= 11 is 4.47.